The summed E-state index contributed by atoms with van der Waals surface area (Å²) in [5, 5.41) is 0. The van der Waals surface area contributed by atoms with Crippen LogP contribution in [0, 0.1) is 5.92 Å². The lowest BCUT2D eigenvalue weighted by atomic mass is 9.81. The first-order valence-corrected chi connectivity index (χ1v) is 6.46. The molecule has 1 aromatic carbocycles. The van der Waals surface area contributed by atoms with Crippen molar-refractivity contribution in [3.8, 4) is 5.75 Å². The monoisotopic (exact) mass is 283 g/mol. The van der Waals surface area contributed by atoms with Crippen LogP contribution in [0.4, 0.5) is 0 Å². The minimum absolute atomic E-state index is 0.0636. The maximum Gasteiger partial charge on any atom is 0.124 e. The van der Waals surface area contributed by atoms with E-state index in [0.29, 0.717) is 5.92 Å². The molecule has 2 N–H and O–H groups in total. The Morgan fingerprint density at radius 3 is 2.81 bits per heavy atom. The van der Waals surface area contributed by atoms with Crippen LogP contribution in [0.25, 0.3) is 0 Å². The molecule has 1 aliphatic heterocycles. The molecule has 0 spiro atoms. The minimum atomic E-state index is -0.153. The first kappa shape index (κ1) is 11.9. The molecule has 1 heterocycles. The van der Waals surface area contributed by atoms with E-state index < -0.39 is 0 Å². The van der Waals surface area contributed by atoms with E-state index in [1.807, 2.05) is 12.1 Å². The summed E-state index contributed by atoms with van der Waals surface area (Å²) in [4.78, 5) is 0. The van der Waals surface area contributed by atoms with E-state index in [1.165, 1.54) is 0 Å². The highest BCUT2D eigenvalue weighted by Gasteiger charge is 2.38. The molecule has 0 saturated heterocycles. The van der Waals surface area contributed by atoms with Gasteiger partial charge in [-0.2, -0.15) is 0 Å². The molecule has 0 fully saturated rings. The van der Waals surface area contributed by atoms with Gasteiger partial charge in [-0.1, -0.05) is 29.8 Å². The number of fused-ring (bicyclic) bond motifs is 1. The Hall–Kier alpha value is -0.540. The molecule has 0 amide bonds. The number of benzene rings is 1. The van der Waals surface area contributed by atoms with E-state index in [0.717, 1.165) is 22.2 Å². The van der Waals surface area contributed by atoms with Gasteiger partial charge in [0.2, 0.25) is 0 Å². The van der Waals surface area contributed by atoms with E-state index in [-0.39, 0.29) is 11.6 Å². The molecule has 88 valence electrons. The normalized spacial score (nSPS) is 28.8. The highest BCUT2D eigenvalue weighted by atomic mass is 79.9. The zero-order chi connectivity index (χ0) is 11.9. The number of rotatable bonds is 1. The van der Waals surface area contributed by atoms with Crippen molar-refractivity contribution in [1.82, 2.24) is 0 Å². The van der Waals surface area contributed by atoms with Crippen molar-refractivity contribution in [2.45, 2.75) is 38.8 Å². The maximum absolute atomic E-state index is 6.23. The second-order valence-corrected chi connectivity index (χ2v) is 5.98. The fourth-order valence-electron chi connectivity index (χ4n) is 2.10. The maximum atomic E-state index is 6.23. The molecule has 1 aromatic rings. The molecule has 0 bridgehead atoms. The van der Waals surface area contributed by atoms with Gasteiger partial charge in [0.25, 0.3) is 0 Å². The summed E-state index contributed by atoms with van der Waals surface area (Å²) in [7, 11) is 0. The summed E-state index contributed by atoms with van der Waals surface area (Å²) in [6, 6.07) is 6.12. The predicted molar refractivity (Wildman–Crippen MR) is 69.6 cm³/mol. The van der Waals surface area contributed by atoms with Gasteiger partial charge in [-0.15, -0.1) is 0 Å². The number of nitrogens with two attached hydrogens (primary N) is 1. The molecule has 2 atom stereocenters. The molecule has 2 rings (SSSR count). The third-order valence-corrected chi connectivity index (χ3v) is 4.05. The molecule has 2 unspecified atom stereocenters. The van der Waals surface area contributed by atoms with Crippen molar-refractivity contribution in [1.29, 1.82) is 0 Å². The van der Waals surface area contributed by atoms with Crippen LogP contribution >= 0.6 is 15.9 Å². The third-order valence-electron chi connectivity index (χ3n) is 3.56. The first-order chi connectivity index (χ1) is 7.42. The van der Waals surface area contributed by atoms with Gasteiger partial charge in [0.05, 0.1) is 0 Å². The third kappa shape index (κ3) is 1.98. The molecule has 0 aliphatic carbocycles. The largest absolute Gasteiger partial charge is 0.487 e. The summed E-state index contributed by atoms with van der Waals surface area (Å²) in [6.45, 7) is 6.50. The van der Waals surface area contributed by atoms with Gasteiger partial charge in [-0.25, -0.2) is 0 Å². The Morgan fingerprint density at radius 2 is 2.19 bits per heavy atom. The topological polar surface area (TPSA) is 35.2 Å². The minimum Gasteiger partial charge on any atom is -0.487 e. The first-order valence-electron chi connectivity index (χ1n) is 5.66. The van der Waals surface area contributed by atoms with Crippen molar-refractivity contribution < 1.29 is 4.74 Å². The van der Waals surface area contributed by atoms with Crippen LogP contribution in [0.1, 0.15) is 38.8 Å². The molecule has 0 saturated carbocycles. The molecular weight excluding hydrogens is 266 g/mol. The lowest BCUT2D eigenvalue weighted by molar-refractivity contribution is 0.0108. The van der Waals surface area contributed by atoms with Gasteiger partial charge in [0, 0.05) is 22.5 Å². The van der Waals surface area contributed by atoms with Gasteiger partial charge in [0.15, 0.2) is 0 Å². The highest BCUT2D eigenvalue weighted by Crippen LogP contribution is 2.42. The van der Waals surface area contributed by atoms with Crippen molar-refractivity contribution in [2.75, 3.05) is 0 Å². The predicted octanol–water partition coefficient (Wildman–Crippen LogP) is 3.65. The van der Waals surface area contributed by atoms with Crippen molar-refractivity contribution >= 4 is 15.9 Å². The summed E-state index contributed by atoms with van der Waals surface area (Å²) in [6.07, 6.45) is 0.869. The van der Waals surface area contributed by atoms with Crippen molar-refractivity contribution in [2.24, 2.45) is 11.7 Å². The fraction of sp³-hybridized carbons (Fsp3) is 0.538. The van der Waals surface area contributed by atoms with Crippen LogP contribution in [0.2, 0.25) is 0 Å². The molecule has 2 nitrogen and oxygen atoms in total. The van der Waals surface area contributed by atoms with Gasteiger partial charge in [0.1, 0.15) is 11.4 Å². The zero-order valence-corrected chi connectivity index (χ0v) is 11.5. The van der Waals surface area contributed by atoms with Gasteiger partial charge < -0.3 is 10.5 Å². The van der Waals surface area contributed by atoms with Crippen molar-refractivity contribution in [3.05, 3.63) is 28.2 Å². The highest BCUT2D eigenvalue weighted by molar-refractivity contribution is 9.10. The quantitative estimate of drug-likeness (QED) is 0.854. The zero-order valence-electron chi connectivity index (χ0n) is 9.96. The molecule has 0 aromatic heterocycles. The second-order valence-electron chi connectivity index (χ2n) is 5.06. The fourth-order valence-corrected chi connectivity index (χ4v) is 2.47. The van der Waals surface area contributed by atoms with Gasteiger partial charge in [-0.3, -0.25) is 0 Å². The Kier molecular flexibility index (Phi) is 3.01. The van der Waals surface area contributed by atoms with E-state index in [1.54, 1.807) is 0 Å². The number of hydrogen-bond donors (Lipinski definition) is 1. The molecule has 1 aliphatic rings. The summed E-state index contributed by atoms with van der Waals surface area (Å²) >= 11 is 3.46. The van der Waals surface area contributed by atoms with Crippen LogP contribution < -0.4 is 10.5 Å². The Labute approximate surface area is 105 Å². The van der Waals surface area contributed by atoms with Crippen LogP contribution in [-0.2, 0) is 0 Å². The number of hydrogen-bond acceptors (Lipinski definition) is 2. The van der Waals surface area contributed by atoms with E-state index in [2.05, 4.69) is 42.8 Å². The smallest absolute Gasteiger partial charge is 0.124 e. The second kappa shape index (κ2) is 4.04. The average Bonchev–Trinajstić information content (AvgIpc) is 2.19. The van der Waals surface area contributed by atoms with E-state index >= 15 is 0 Å². The number of halogens is 1. The Morgan fingerprint density at radius 1 is 1.50 bits per heavy atom. The van der Waals surface area contributed by atoms with Gasteiger partial charge in [-0.05, 0) is 31.0 Å². The number of ether oxygens (including phenoxy) is 1. The van der Waals surface area contributed by atoms with Gasteiger partial charge >= 0.3 is 0 Å². The average molecular weight is 284 g/mol. The molecule has 16 heavy (non-hydrogen) atoms. The Balaban J connectivity index is 2.40. The van der Waals surface area contributed by atoms with Crippen LogP contribution in [0.3, 0.4) is 0 Å². The van der Waals surface area contributed by atoms with Crippen LogP contribution in [0.15, 0.2) is 22.7 Å². The van der Waals surface area contributed by atoms with E-state index in [9.17, 15) is 0 Å². The van der Waals surface area contributed by atoms with Crippen LogP contribution in [-0.4, -0.2) is 5.60 Å². The van der Waals surface area contributed by atoms with E-state index in [4.69, 9.17) is 10.5 Å². The SMILES string of the molecule is CC(C)C1(C)CC(N)c2cc(Br)ccc2O1. The summed E-state index contributed by atoms with van der Waals surface area (Å²) in [5.74, 6) is 1.38. The Bertz CT molecular complexity index is 405. The standard InChI is InChI=1S/C13H18BrNO/c1-8(2)13(3)7-11(15)10-6-9(14)4-5-12(10)16-13/h4-6,8,11H,7,15H2,1-3H3. The molecular formula is C13H18BrNO. The van der Waals surface area contributed by atoms with Crippen molar-refractivity contribution in [3.63, 3.8) is 0 Å². The molecule has 0 radical (unpaired) electrons. The molecule has 3 heteroatoms. The lowest BCUT2D eigenvalue weighted by Crippen LogP contribution is -2.44. The van der Waals surface area contributed by atoms with Crippen LogP contribution in [0.5, 0.6) is 5.75 Å². The summed E-state index contributed by atoms with van der Waals surface area (Å²) in [5.41, 5.74) is 7.18. The lowest BCUT2D eigenvalue weighted by Gasteiger charge is -2.41. The summed E-state index contributed by atoms with van der Waals surface area (Å²) < 4.78 is 7.16.